The second kappa shape index (κ2) is 10.9. The zero-order valence-corrected chi connectivity index (χ0v) is 19.0. The summed E-state index contributed by atoms with van der Waals surface area (Å²) in [5.41, 5.74) is 1.38. The molecule has 1 aromatic carbocycles. The fraction of sp³-hybridized carbons (Fsp3) is 0.680. The molecule has 30 heavy (non-hydrogen) atoms. The highest BCUT2D eigenvalue weighted by Crippen LogP contribution is 2.26. The van der Waals surface area contributed by atoms with Crippen molar-refractivity contribution >= 4 is 11.8 Å². The van der Waals surface area contributed by atoms with Crippen LogP contribution >= 0.6 is 0 Å². The van der Waals surface area contributed by atoms with Crippen LogP contribution < -0.4 is 5.32 Å². The number of hydrogen-bond acceptors (Lipinski definition) is 3. The molecule has 5 heteroatoms. The van der Waals surface area contributed by atoms with Crippen molar-refractivity contribution < 1.29 is 9.59 Å². The lowest BCUT2D eigenvalue weighted by Crippen LogP contribution is -2.52. The third kappa shape index (κ3) is 6.31. The van der Waals surface area contributed by atoms with Gasteiger partial charge in [-0.1, -0.05) is 44.2 Å². The molecule has 0 bridgehead atoms. The highest BCUT2D eigenvalue weighted by atomic mass is 16.2. The average Bonchev–Trinajstić information content (AvgIpc) is 2.73. The van der Waals surface area contributed by atoms with Crippen LogP contribution in [0.15, 0.2) is 30.3 Å². The Labute approximate surface area is 182 Å². The Kier molecular flexibility index (Phi) is 8.32. The summed E-state index contributed by atoms with van der Waals surface area (Å²) < 4.78 is 0. The quantitative estimate of drug-likeness (QED) is 0.707. The summed E-state index contributed by atoms with van der Waals surface area (Å²) in [6, 6.07) is 10.7. The second-order valence-electron chi connectivity index (χ2n) is 9.61. The van der Waals surface area contributed by atoms with Crippen LogP contribution in [-0.4, -0.2) is 53.8 Å². The van der Waals surface area contributed by atoms with Gasteiger partial charge in [0.25, 0.3) is 0 Å². The summed E-state index contributed by atoms with van der Waals surface area (Å²) in [6.45, 7) is 11.1. The van der Waals surface area contributed by atoms with E-state index in [4.69, 9.17) is 0 Å². The molecule has 2 amide bonds. The largest absolute Gasteiger partial charge is 0.356 e. The molecule has 5 nitrogen and oxygen atoms in total. The summed E-state index contributed by atoms with van der Waals surface area (Å²) in [5, 5.41) is 3.18. The minimum absolute atomic E-state index is 0.00475. The van der Waals surface area contributed by atoms with Gasteiger partial charge in [-0.3, -0.25) is 14.5 Å². The molecule has 0 spiro atoms. The lowest BCUT2D eigenvalue weighted by molar-refractivity contribution is -0.143. The van der Waals surface area contributed by atoms with Gasteiger partial charge < -0.3 is 10.2 Å². The van der Waals surface area contributed by atoms with Crippen LogP contribution in [0.5, 0.6) is 0 Å². The Balaban J connectivity index is 1.37. The Morgan fingerprint density at radius 1 is 1.13 bits per heavy atom. The van der Waals surface area contributed by atoms with E-state index < -0.39 is 0 Å². The fourth-order valence-corrected chi connectivity index (χ4v) is 4.93. The molecule has 0 aliphatic carbocycles. The van der Waals surface area contributed by atoms with E-state index >= 15 is 0 Å². The molecular weight excluding hydrogens is 374 g/mol. The van der Waals surface area contributed by atoms with Gasteiger partial charge in [-0.2, -0.15) is 0 Å². The number of rotatable bonds is 8. The SMILES string of the molecule is CC(C)CN1C(=O)CCC(C(=O)NCCC2CCN(Cc3ccccc3)CC2)C1C. The first-order valence-corrected chi connectivity index (χ1v) is 11.8. The van der Waals surface area contributed by atoms with Crippen LogP contribution in [0, 0.1) is 17.8 Å². The molecule has 0 saturated carbocycles. The van der Waals surface area contributed by atoms with Gasteiger partial charge in [0.1, 0.15) is 0 Å². The van der Waals surface area contributed by atoms with Gasteiger partial charge in [-0.15, -0.1) is 0 Å². The predicted molar refractivity (Wildman–Crippen MR) is 121 cm³/mol. The molecule has 2 heterocycles. The lowest BCUT2D eigenvalue weighted by atomic mass is 9.88. The van der Waals surface area contributed by atoms with E-state index in [1.54, 1.807) is 0 Å². The maximum atomic E-state index is 12.8. The smallest absolute Gasteiger partial charge is 0.225 e. The Bertz CT molecular complexity index is 683. The summed E-state index contributed by atoms with van der Waals surface area (Å²) in [5.74, 6) is 1.37. The topological polar surface area (TPSA) is 52.7 Å². The fourth-order valence-electron chi connectivity index (χ4n) is 4.93. The molecule has 3 rings (SSSR count). The van der Waals surface area contributed by atoms with E-state index in [0.717, 1.165) is 39.1 Å². The molecular formula is C25H39N3O2. The van der Waals surface area contributed by atoms with E-state index in [9.17, 15) is 9.59 Å². The predicted octanol–water partition coefficient (Wildman–Crippen LogP) is 3.69. The first-order valence-electron chi connectivity index (χ1n) is 11.8. The summed E-state index contributed by atoms with van der Waals surface area (Å²) in [4.78, 5) is 29.5. The van der Waals surface area contributed by atoms with E-state index in [1.165, 1.54) is 18.4 Å². The second-order valence-corrected chi connectivity index (χ2v) is 9.61. The molecule has 2 saturated heterocycles. The van der Waals surface area contributed by atoms with Crippen molar-refractivity contribution in [1.29, 1.82) is 0 Å². The van der Waals surface area contributed by atoms with Crippen molar-refractivity contribution in [2.45, 2.75) is 65.5 Å². The minimum Gasteiger partial charge on any atom is -0.356 e. The van der Waals surface area contributed by atoms with Gasteiger partial charge in [-0.25, -0.2) is 0 Å². The van der Waals surface area contributed by atoms with Crippen LogP contribution in [0.4, 0.5) is 0 Å². The molecule has 2 aliphatic heterocycles. The van der Waals surface area contributed by atoms with Crippen molar-refractivity contribution in [3.8, 4) is 0 Å². The first kappa shape index (κ1) is 22.8. The highest BCUT2D eigenvalue weighted by molar-refractivity contribution is 5.84. The minimum atomic E-state index is -0.0748. The van der Waals surface area contributed by atoms with E-state index in [0.29, 0.717) is 24.7 Å². The number of carbonyl (C=O) groups excluding carboxylic acids is 2. The number of nitrogens with one attached hydrogen (secondary N) is 1. The lowest BCUT2D eigenvalue weighted by Gasteiger charge is -2.39. The first-order chi connectivity index (χ1) is 14.4. The number of hydrogen-bond donors (Lipinski definition) is 1. The van der Waals surface area contributed by atoms with E-state index in [-0.39, 0.29) is 23.8 Å². The normalized spacial score (nSPS) is 23.7. The Morgan fingerprint density at radius 3 is 2.50 bits per heavy atom. The molecule has 2 unspecified atom stereocenters. The molecule has 2 atom stereocenters. The summed E-state index contributed by atoms with van der Waals surface area (Å²) in [6.07, 6.45) is 4.65. The Hall–Kier alpha value is -1.88. The van der Waals surface area contributed by atoms with Gasteiger partial charge in [0, 0.05) is 32.1 Å². The van der Waals surface area contributed by atoms with E-state index in [1.807, 2.05) is 11.8 Å². The monoisotopic (exact) mass is 413 g/mol. The maximum Gasteiger partial charge on any atom is 0.225 e. The number of nitrogens with zero attached hydrogens (tertiary/aromatic N) is 2. The zero-order valence-electron chi connectivity index (χ0n) is 19.0. The summed E-state index contributed by atoms with van der Waals surface area (Å²) >= 11 is 0. The van der Waals surface area contributed by atoms with Crippen molar-refractivity contribution in [2.75, 3.05) is 26.2 Å². The van der Waals surface area contributed by atoms with Crippen LogP contribution in [0.1, 0.15) is 58.4 Å². The third-order valence-corrected chi connectivity index (χ3v) is 6.77. The van der Waals surface area contributed by atoms with Crippen LogP contribution in [0.3, 0.4) is 0 Å². The molecule has 0 aromatic heterocycles. The van der Waals surface area contributed by atoms with Crippen molar-refractivity contribution in [1.82, 2.24) is 15.1 Å². The number of piperidine rings is 2. The maximum absolute atomic E-state index is 12.8. The molecule has 0 radical (unpaired) electrons. The number of likely N-dealkylation sites (tertiary alicyclic amines) is 2. The van der Waals surface area contributed by atoms with Gasteiger partial charge in [0.05, 0.1) is 5.92 Å². The van der Waals surface area contributed by atoms with Gasteiger partial charge in [0.15, 0.2) is 0 Å². The molecule has 1 N–H and O–H groups in total. The van der Waals surface area contributed by atoms with Gasteiger partial charge in [-0.05, 0) is 63.1 Å². The zero-order chi connectivity index (χ0) is 21.5. The standard InChI is InChI=1S/C25H39N3O2/c1-19(2)17-28-20(3)23(9-10-24(28)29)25(30)26-14-11-21-12-15-27(16-13-21)18-22-7-5-4-6-8-22/h4-8,19-21,23H,9-18H2,1-3H3,(H,26,30). The van der Waals surface area contributed by atoms with Gasteiger partial charge >= 0.3 is 0 Å². The molecule has 1 aromatic rings. The number of benzene rings is 1. The van der Waals surface area contributed by atoms with E-state index in [2.05, 4.69) is 54.4 Å². The van der Waals surface area contributed by atoms with Crippen LogP contribution in [0.2, 0.25) is 0 Å². The van der Waals surface area contributed by atoms with Crippen LogP contribution in [0.25, 0.3) is 0 Å². The average molecular weight is 414 g/mol. The molecule has 166 valence electrons. The molecule has 2 aliphatic rings. The number of amides is 2. The van der Waals surface area contributed by atoms with Gasteiger partial charge in [0.2, 0.25) is 11.8 Å². The highest BCUT2D eigenvalue weighted by Gasteiger charge is 2.36. The van der Waals surface area contributed by atoms with Crippen molar-refractivity contribution in [3.05, 3.63) is 35.9 Å². The Morgan fingerprint density at radius 2 is 1.83 bits per heavy atom. The summed E-state index contributed by atoms with van der Waals surface area (Å²) in [7, 11) is 0. The third-order valence-electron chi connectivity index (χ3n) is 6.77. The van der Waals surface area contributed by atoms with Crippen molar-refractivity contribution in [2.24, 2.45) is 17.8 Å². The van der Waals surface area contributed by atoms with Crippen LogP contribution in [-0.2, 0) is 16.1 Å². The van der Waals surface area contributed by atoms with Crippen molar-refractivity contribution in [3.63, 3.8) is 0 Å². The number of carbonyl (C=O) groups is 2. The molecule has 2 fully saturated rings.